The van der Waals surface area contributed by atoms with Crippen LogP contribution in [-0.4, -0.2) is 93.6 Å². The number of carbonyl (C=O) groups is 3. The molecule has 2 aromatic rings. The first-order valence-corrected chi connectivity index (χ1v) is 12.8. The molecule has 208 valence electrons. The molecule has 0 saturated heterocycles. The van der Waals surface area contributed by atoms with Crippen molar-refractivity contribution in [3.05, 3.63) is 52.5 Å². The van der Waals surface area contributed by atoms with Crippen LogP contribution in [0.1, 0.15) is 28.1 Å². The van der Waals surface area contributed by atoms with E-state index in [2.05, 4.69) is 0 Å². The van der Waals surface area contributed by atoms with Gasteiger partial charge in [0.1, 0.15) is 28.9 Å². The van der Waals surface area contributed by atoms with Crippen molar-refractivity contribution in [1.29, 1.82) is 0 Å². The maximum Gasteiger partial charge on any atom is 0.230 e. The number of furan rings is 1. The second kappa shape index (κ2) is 9.30. The summed E-state index contributed by atoms with van der Waals surface area (Å²) in [5, 5.41) is 44.8. The smallest absolute Gasteiger partial charge is 0.230 e. The molecule has 1 saturated carbocycles. The number of allylic oxidation sites excluding steroid dienone is 1. The Morgan fingerprint density at radius 3 is 2.44 bits per heavy atom. The Hall–Kier alpha value is -3.51. The van der Waals surface area contributed by atoms with Crippen molar-refractivity contribution in [1.82, 2.24) is 9.80 Å². The highest BCUT2D eigenvalue weighted by atomic mass is 16.4. The van der Waals surface area contributed by atoms with Crippen molar-refractivity contribution in [2.24, 2.45) is 23.5 Å². The summed E-state index contributed by atoms with van der Waals surface area (Å²) in [4.78, 5) is 43.0. The lowest BCUT2D eigenvalue weighted by Crippen LogP contribution is -2.71. The number of hydrogen-bond acceptors (Lipinski definition) is 10. The molecule has 0 spiro atoms. The van der Waals surface area contributed by atoms with Gasteiger partial charge in [-0.1, -0.05) is 0 Å². The number of rotatable bonds is 5. The number of Topliss-reactive ketones (excluding diaryl/α,β-unsaturated/α-hetero) is 2. The number of likely N-dealkylation sites (N-methyl/N-ethyl adjacent to an activating group) is 1. The van der Waals surface area contributed by atoms with Gasteiger partial charge in [-0.3, -0.25) is 14.4 Å². The highest BCUT2D eigenvalue weighted by Gasteiger charge is 2.66. The van der Waals surface area contributed by atoms with Gasteiger partial charge in [0.05, 0.1) is 18.2 Å². The van der Waals surface area contributed by atoms with E-state index in [0.717, 1.165) is 0 Å². The van der Waals surface area contributed by atoms with Crippen LogP contribution < -0.4 is 5.73 Å². The van der Waals surface area contributed by atoms with Crippen LogP contribution in [0.25, 0.3) is 11.3 Å². The molecule has 1 amide bonds. The maximum atomic E-state index is 13.8. The van der Waals surface area contributed by atoms with E-state index in [-0.39, 0.29) is 29.7 Å². The molecule has 1 aromatic carbocycles. The van der Waals surface area contributed by atoms with Gasteiger partial charge >= 0.3 is 0 Å². The van der Waals surface area contributed by atoms with E-state index in [4.69, 9.17) is 10.2 Å². The highest BCUT2D eigenvalue weighted by molar-refractivity contribution is 6.16. The lowest BCUT2D eigenvalue weighted by molar-refractivity contribution is -0.178. The number of nitrogens with two attached hydrogens (primary N) is 1. The largest absolute Gasteiger partial charge is 0.508 e. The van der Waals surface area contributed by atoms with E-state index in [0.29, 0.717) is 29.2 Å². The Morgan fingerprint density at radius 1 is 1.13 bits per heavy atom. The number of aromatic hydroxyl groups is 1. The van der Waals surface area contributed by atoms with Crippen molar-refractivity contribution in [2.75, 3.05) is 28.2 Å². The monoisotopic (exact) mass is 539 g/mol. The fourth-order valence-corrected chi connectivity index (χ4v) is 6.76. The van der Waals surface area contributed by atoms with Gasteiger partial charge in [0.2, 0.25) is 5.91 Å². The average Bonchev–Trinajstić information content (AvgIpc) is 3.28. The topological polar surface area (TPSA) is 178 Å². The van der Waals surface area contributed by atoms with Crippen molar-refractivity contribution in [2.45, 2.75) is 37.1 Å². The first-order valence-electron chi connectivity index (χ1n) is 12.8. The van der Waals surface area contributed by atoms with E-state index in [1.165, 1.54) is 6.07 Å². The Labute approximate surface area is 225 Å². The molecule has 1 heterocycles. The molecule has 39 heavy (non-hydrogen) atoms. The van der Waals surface area contributed by atoms with Crippen molar-refractivity contribution in [3.8, 4) is 17.1 Å². The molecule has 6 atom stereocenters. The molecular weight excluding hydrogens is 506 g/mol. The molecule has 11 heteroatoms. The SMILES string of the molecule is CN(C)Cc1ccc(-c2ccc(O)c3c2C[C@H]2C[C@H]4[C@H](N(C)C)C(O)C(C(N)=O)C(=O)[C@@]4(O)C(O)=C2C3=O)o1. The Kier molecular flexibility index (Phi) is 6.46. The number of fused-ring (bicyclic) bond motifs is 3. The van der Waals surface area contributed by atoms with Crippen LogP contribution in [0.3, 0.4) is 0 Å². The molecule has 3 aliphatic rings. The summed E-state index contributed by atoms with van der Waals surface area (Å²) in [6, 6.07) is 5.74. The molecular formula is C28H33N3O8. The van der Waals surface area contributed by atoms with Gasteiger partial charge in [0.25, 0.3) is 0 Å². The van der Waals surface area contributed by atoms with Gasteiger partial charge in [-0.25, -0.2) is 0 Å². The molecule has 1 fully saturated rings. The Balaban J connectivity index is 1.66. The minimum absolute atomic E-state index is 0.0446. The number of phenols is 1. The quantitative estimate of drug-likeness (QED) is 0.338. The zero-order valence-electron chi connectivity index (χ0n) is 22.2. The van der Waals surface area contributed by atoms with Gasteiger partial charge in [-0.15, -0.1) is 0 Å². The fourth-order valence-electron chi connectivity index (χ4n) is 6.76. The molecule has 3 aliphatic carbocycles. The van der Waals surface area contributed by atoms with E-state index in [9.17, 15) is 34.8 Å². The van der Waals surface area contributed by atoms with Gasteiger partial charge in [-0.05, 0) is 76.8 Å². The van der Waals surface area contributed by atoms with Crippen molar-refractivity contribution < 1.29 is 39.2 Å². The Morgan fingerprint density at radius 2 is 1.82 bits per heavy atom. The van der Waals surface area contributed by atoms with Crippen LogP contribution in [0.5, 0.6) is 5.75 Å². The van der Waals surface area contributed by atoms with Gasteiger partial charge in [0.15, 0.2) is 17.2 Å². The van der Waals surface area contributed by atoms with Crippen molar-refractivity contribution >= 4 is 17.5 Å². The lowest BCUT2D eigenvalue weighted by atomic mass is 9.56. The first-order chi connectivity index (χ1) is 18.3. The lowest BCUT2D eigenvalue weighted by Gasteiger charge is -2.53. The number of carbonyl (C=O) groups excluding carboxylic acids is 3. The molecule has 0 bridgehead atoms. The van der Waals surface area contributed by atoms with Crippen LogP contribution in [-0.2, 0) is 22.6 Å². The maximum absolute atomic E-state index is 13.8. The number of amides is 1. The van der Waals surface area contributed by atoms with E-state index in [1.807, 2.05) is 25.1 Å². The molecule has 0 aliphatic heterocycles. The van der Waals surface area contributed by atoms with E-state index in [1.54, 1.807) is 31.1 Å². The predicted molar refractivity (Wildman–Crippen MR) is 139 cm³/mol. The first kappa shape index (κ1) is 27.1. The summed E-state index contributed by atoms with van der Waals surface area (Å²) >= 11 is 0. The van der Waals surface area contributed by atoms with Crippen LogP contribution in [0.4, 0.5) is 0 Å². The third-order valence-electron chi connectivity index (χ3n) is 8.38. The fraction of sp³-hybridized carbons (Fsp3) is 0.464. The summed E-state index contributed by atoms with van der Waals surface area (Å²) in [6.45, 7) is 0.567. The second-order valence-electron chi connectivity index (χ2n) is 11.3. The second-order valence-corrected chi connectivity index (χ2v) is 11.3. The Bertz CT molecular complexity index is 1410. The average molecular weight is 540 g/mol. The van der Waals surface area contributed by atoms with Crippen molar-refractivity contribution in [3.63, 3.8) is 0 Å². The zero-order chi connectivity index (χ0) is 28.5. The number of hydrogen-bond donors (Lipinski definition) is 5. The predicted octanol–water partition coefficient (Wildman–Crippen LogP) is 0.607. The summed E-state index contributed by atoms with van der Waals surface area (Å²) in [6.07, 6.45) is -1.27. The van der Waals surface area contributed by atoms with Crippen LogP contribution in [0.15, 0.2) is 40.0 Å². The standard InChI is InChI=1S/C28H33N3O8/c1-30(2)11-13-5-8-18(39-13)14-6-7-17(32)20-15(14)9-12-10-16-22(31(3)4)24(34)21(27(29)37)26(36)28(16,38)25(35)19(12)23(20)33/h5-8,12,16,21-22,24,32,34-35,38H,9-11H2,1-4H3,(H2,29,37)/t12-,16-,21?,22-,24?,28-/m0/s1. The number of ketones is 2. The minimum atomic E-state index is -2.61. The van der Waals surface area contributed by atoms with Crippen LogP contribution in [0, 0.1) is 17.8 Å². The third kappa shape index (κ3) is 3.91. The highest BCUT2D eigenvalue weighted by Crippen LogP contribution is 2.53. The number of aliphatic hydroxyl groups is 3. The number of nitrogens with zero attached hydrogens (tertiary/aromatic N) is 2. The molecule has 5 rings (SSSR count). The van der Waals surface area contributed by atoms with Crippen LogP contribution in [0.2, 0.25) is 0 Å². The molecule has 1 aromatic heterocycles. The third-order valence-corrected chi connectivity index (χ3v) is 8.38. The van der Waals surface area contributed by atoms with Gasteiger partial charge < -0.3 is 40.4 Å². The molecule has 2 unspecified atom stereocenters. The molecule has 0 radical (unpaired) electrons. The summed E-state index contributed by atoms with van der Waals surface area (Å²) in [5.74, 6) is -6.39. The number of benzene rings is 1. The number of aliphatic hydroxyl groups excluding tert-OH is 2. The minimum Gasteiger partial charge on any atom is -0.508 e. The number of primary amides is 1. The normalized spacial score (nSPS) is 30.4. The van der Waals surface area contributed by atoms with E-state index < -0.39 is 58.7 Å². The zero-order valence-corrected chi connectivity index (χ0v) is 22.2. The number of phenolic OH excluding ortho intramolecular Hbond substituents is 1. The van der Waals surface area contributed by atoms with Crippen LogP contribution >= 0.6 is 0 Å². The summed E-state index contributed by atoms with van der Waals surface area (Å²) in [5.41, 5.74) is 3.71. The summed E-state index contributed by atoms with van der Waals surface area (Å²) < 4.78 is 6.03. The van der Waals surface area contributed by atoms with E-state index >= 15 is 0 Å². The van der Waals surface area contributed by atoms with Gasteiger partial charge in [0, 0.05) is 23.1 Å². The van der Waals surface area contributed by atoms with Gasteiger partial charge in [-0.2, -0.15) is 0 Å². The summed E-state index contributed by atoms with van der Waals surface area (Å²) in [7, 11) is 7.07. The molecule has 11 nitrogen and oxygen atoms in total. The molecule has 6 N–H and O–H groups in total.